The van der Waals surface area contributed by atoms with Gasteiger partial charge in [0.25, 0.3) is 0 Å². The van der Waals surface area contributed by atoms with Crippen molar-refractivity contribution >= 4 is 16.6 Å². The van der Waals surface area contributed by atoms with Crippen LogP contribution in [0.2, 0.25) is 0 Å². The SMILES string of the molecule is CN(C)CCCN(C)c1nccc2c(C(C)(C)C)cccc12. The molecule has 0 radical (unpaired) electrons. The minimum absolute atomic E-state index is 0.141. The number of benzene rings is 1. The van der Waals surface area contributed by atoms with Gasteiger partial charge in [0, 0.05) is 25.2 Å². The van der Waals surface area contributed by atoms with E-state index < -0.39 is 0 Å². The maximum Gasteiger partial charge on any atom is 0.136 e. The van der Waals surface area contributed by atoms with Crippen molar-refractivity contribution in [3.63, 3.8) is 0 Å². The van der Waals surface area contributed by atoms with E-state index in [0.717, 1.165) is 25.3 Å². The highest BCUT2D eigenvalue weighted by atomic mass is 15.2. The maximum atomic E-state index is 4.64. The number of anilines is 1. The van der Waals surface area contributed by atoms with Gasteiger partial charge in [-0.05, 0) is 49.5 Å². The van der Waals surface area contributed by atoms with Crippen molar-refractivity contribution in [1.82, 2.24) is 9.88 Å². The Labute approximate surface area is 135 Å². The molecule has 0 unspecified atom stereocenters. The van der Waals surface area contributed by atoms with Crippen LogP contribution < -0.4 is 4.90 Å². The van der Waals surface area contributed by atoms with Crippen molar-refractivity contribution in [2.75, 3.05) is 39.1 Å². The molecule has 0 aliphatic heterocycles. The lowest BCUT2D eigenvalue weighted by Gasteiger charge is -2.24. The van der Waals surface area contributed by atoms with Crippen molar-refractivity contribution in [3.8, 4) is 0 Å². The van der Waals surface area contributed by atoms with Gasteiger partial charge in [-0.25, -0.2) is 4.98 Å². The van der Waals surface area contributed by atoms with Crippen LogP contribution in [-0.4, -0.2) is 44.1 Å². The molecular weight excluding hydrogens is 270 g/mol. The fourth-order valence-corrected chi connectivity index (χ4v) is 2.88. The molecule has 0 saturated carbocycles. The van der Waals surface area contributed by atoms with Gasteiger partial charge in [-0.15, -0.1) is 0 Å². The van der Waals surface area contributed by atoms with Gasteiger partial charge in [0.15, 0.2) is 0 Å². The molecule has 0 atom stereocenters. The summed E-state index contributed by atoms with van der Waals surface area (Å²) < 4.78 is 0. The minimum atomic E-state index is 0.141. The second kappa shape index (κ2) is 6.66. The average Bonchev–Trinajstić information content (AvgIpc) is 2.44. The molecule has 0 saturated heterocycles. The van der Waals surface area contributed by atoms with E-state index >= 15 is 0 Å². The molecule has 1 heterocycles. The van der Waals surface area contributed by atoms with Crippen LogP contribution in [0.5, 0.6) is 0 Å². The molecule has 0 aliphatic rings. The van der Waals surface area contributed by atoms with Gasteiger partial charge in [-0.1, -0.05) is 39.0 Å². The molecule has 0 bridgehead atoms. The first-order chi connectivity index (χ1) is 10.3. The Hall–Kier alpha value is -1.61. The largest absolute Gasteiger partial charge is 0.359 e. The summed E-state index contributed by atoms with van der Waals surface area (Å²) in [7, 11) is 6.37. The zero-order valence-electron chi connectivity index (χ0n) is 14.8. The van der Waals surface area contributed by atoms with E-state index in [-0.39, 0.29) is 5.41 Å². The van der Waals surface area contributed by atoms with Crippen LogP contribution in [0.1, 0.15) is 32.8 Å². The van der Waals surface area contributed by atoms with Crippen LogP contribution in [0.3, 0.4) is 0 Å². The highest BCUT2D eigenvalue weighted by molar-refractivity contribution is 5.94. The first-order valence-electron chi connectivity index (χ1n) is 8.05. The number of rotatable bonds is 5. The van der Waals surface area contributed by atoms with Gasteiger partial charge in [0.05, 0.1) is 0 Å². The maximum absolute atomic E-state index is 4.64. The van der Waals surface area contributed by atoms with Crippen molar-refractivity contribution in [2.45, 2.75) is 32.6 Å². The number of fused-ring (bicyclic) bond motifs is 1. The molecule has 22 heavy (non-hydrogen) atoms. The Bertz CT molecular complexity index is 626. The third-order valence-corrected chi connectivity index (χ3v) is 4.05. The Kier molecular flexibility index (Phi) is 5.07. The molecule has 0 amide bonds. The molecule has 0 fully saturated rings. The minimum Gasteiger partial charge on any atom is -0.359 e. The Balaban J connectivity index is 2.35. The van der Waals surface area contributed by atoms with Crippen molar-refractivity contribution in [3.05, 3.63) is 36.0 Å². The van der Waals surface area contributed by atoms with Gasteiger partial charge >= 0.3 is 0 Å². The number of hydrogen-bond acceptors (Lipinski definition) is 3. The third-order valence-electron chi connectivity index (χ3n) is 4.05. The summed E-state index contributed by atoms with van der Waals surface area (Å²) in [6, 6.07) is 8.72. The topological polar surface area (TPSA) is 19.4 Å². The van der Waals surface area contributed by atoms with Gasteiger partial charge < -0.3 is 9.80 Å². The summed E-state index contributed by atoms with van der Waals surface area (Å²) in [6.07, 6.45) is 3.08. The van der Waals surface area contributed by atoms with E-state index in [1.54, 1.807) is 0 Å². The standard InChI is InChI=1S/C19H29N3/c1-19(2,3)17-10-7-9-16-15(17)11-12-20-18(16)22(6)14-8-13-21(4)5/h7,9-12H,8,13-14H2,1-6H3. The van der Waals surface area contributed by atoms with E-state index in [1.807, 2.05) is 6.20 Å². The second-order valence-electron chi connectivity index (χ2n) is 7.36. The van der Waals surface area contributed by atoms with E-state index in [4.69, 9.17) is 0 Å². The zero-order chi connectivity index (χ0) is 16.3. The normalized spacial score (nSPS) is 12.1. The quantitative estimate of drug-likeness (QED) is 0.834. The van der Waals surface area contributed by atoms with E-state index in [9.17, 15) is 0 Å². The first-order valence-corrected chi connectivity index (χ1v) is 8.05. The Morgan fingerprint density at radius 1 is 0.955 bits per heavy atom. The van der Waals surface area contributed by atoms with Crippen molar-refractivity contribution < 1.29 is 0 Å². The molecule has 3 nitrogen and oxygen atoms in total. The molecule has 2 aromatic rings. The second-order valence-corrected chi connectivity index (χ2v) is 7.36. The zero-order valence-corrected chi connectivity index (χ0v) is 14.8. The molecule has 2 rings (SSSR count). The van der Waals surface area contributed by atoms with Gasteiger partial charge in [0.1, 0.15) is 5.82 Å². The van der Waals surface area contributed by atoms with Crippen LogP contribution in [0, 0.1) is 0 Å². The fourth-order valence-electron chi connectivity index (χ4n) is 2.88. The number of nitrogens with zero attached hydrogens (tertiary/aromatic N) is 3. The molecule has 0 aliphatic carbocycles. The summed E-state index contributed by atoms with van der Waals surface area (Å²) >= 11 is 0. The highest BCUT2D eigenvalue weighted by Crippen LogP contribution is 2.33. The third kappa shape index (κ3) is 3.77. The monoisotopic (exact) mass is 299 g/mol. The van der Waals surface area contributed by atoms with Gasteiger partial charge in [-0.3, -0.25) is 0 Å². The van der Waals surface area contributed by atoms with E-state index in [0.29, 0.717) is 0 Å². The predicted molar refractivity (Wildman–Crippen MR) is 96.9 cm³/mol. The van der Waals surface area contributed by atoms with Crippen LogP contribution in [0.15, 0.2) is 30.5 Å². The first kappa shape index (κ1) is 16.8. The van der Waals surface area contributed by atoms with E-state index in [1.165, 1.54) is 16.3 Å². The van der Waals surface area contributed by atoms with Gasteiger partial charge in [0.2, 0.25) is 0 Å². The number of pyridine rings is 1. The molecule has 1 aromatic carbocycles. The summed E-state index contributed by atoms with van der Waals surface area (Å²) in [5.74, 6) is 1.09. The Morgan fingerprint density at radius 3 is 2.32 bits per heavy atom. The molecular formula is C19H29N3. The Morgan fingerprint density at radius 2 is 1.68 bits per heavy atom. The van der Waals surface area contributed by atoms with E-state index in [2.05, 4.69) is 81.0 Å². The van der Waals surface area contributed by atoms with Crippen LogP contribution in [-0.2, 0) is 5.41 Å². The highest BCUT2D eigenvalue weighted by Gasteiger charge is 2.18. The van der Waals surface area contributed by atoms with Crippen LogP contribution in [0.4, 0.5) is 5.82 Å². The van der Waals surface area contributed by atoms with Crippen molar-refractivity contribution in [1.29, 1.82) is 0 Å². The van der Waals surface area contributed by atoms with Crippen LogP contribution >= 0.6 is 0 Å². The lowest BCUT2D eigenvalue weighted by Crippen LogP contribution is -2.24. The summed E-state index contributed by atoms with van der Waals surface area (Å²) in [5.41, 5.74) is 1.53. The van der Waals surface area contributed by atoms with Gasteiger partial charge in [-0.2, -0.15) is 0 Å². The average molecular weight is 299 g/mol. The molecule has 0 spiro atoms. The van der Waals surface area contributed by atoms with Crippen LogP contribution in [0.25, 0.3) is 10.8 Å². The predicted octanol–water partition coefficient (Wildman–Crippen LogP) is 3.92. The molecule has 120 valence electrons. The smallest absolute Gasteiger partial charge is 0.136 e. The summed E-state index contributed by atoms with van der Waals surface area (Å²) in [4.78, 5) is 9.14. The molecule has 3 heteroatoms. The van der Waals surface area contributed by atoms with Crippen molar-refractivity contribution in [2.24, 2.45) is 0 Å². The molecule has 1 aromatic heterocycles. The lowest BCUT2D eigenvalue weighted by atomic mass is 9.84. The summed E-state index contributed by atoms with van der Waals surface area (Å²) in [5, 5.41) is 2.57. The number of aromatic nitrogens is 1. The molecule has 0 N–H and O–H groups in total. The fraction of sp³-hybridized carbons (Fsp3) is 0.526. The lowest BCUT2D eigenvalue weighted by molar-refractivity contribution is 0.401. The summed E-state index contributed by atoms with van der Waals surface area (Å²) in [6.45, 7) is 8.92. The number of hydrogen-bond donors (Lipinski definition) is 0.